The van der Waals surface area contributed by atoms with E-state index in [0.29, 0.717) is 0 Å². The lowest BCUT2D eigenvalue weighted by Crippen LogP contribution is -2.20. The summed E-state index contributed by atoms with van der Waals surface area (Å²) < 4.78 is 0. The average molecular weight is 253 g/mol. The molecule has 2 nitrogen and oxygen atoms in total. The summed E-state index contributed by atoms with van der Waals surface area (Å²) in [6, 6.07) is 8.18. The maximum absolute atomic E-state index is 5.88. The molecule has 0 saturated carbocycles. The Morgan fingerprint density at radius 2 is 2.06 bits per heavy atom. The second kappa shape index (κ2) is 6.39. The van der Waals surface area contributed by atoms with E-state index in [1.54, 1.807) is 0 Å². The van der Waals surface area contributed by atoms with Gasteiger partial charge in [-0.15, -0.1) is 0 Å². The highest BCUT2D eigenvalue weighted by molar-refractivity contribution is 6.30. The maximum Gasteiger partial charge on any atom is 0.0406 e. The van der Waals surface area contributed by atoms with Crippen LogP contribution in [0.4, 0.5) is 0 Å². The molecule has 17 heavy (non-hydrogen) atoms. The topological polar surface area (TPSA) is 29.3 Å². The highest BCUT2D eigenvalue weighted by Crippen LogP contribution is 2.22. The van der Waals surface area contributed by atoms with Crippen LogP contribution in [0.1, 0.15) is 24.8 Å². The molecular formula is C14H21ClN2. The van der Waals surface area contributed by atoms with Crippen molar-refractivity contribution in [2.45, 2.75) is 25.8 Å². The van der Waals surface area contributed by atoms with Gasteiger partial charge >= 0.3 is 0 Å². The predicted molar refractivity (Wildman–Crippen MR) is 73.1 cm³/mol. The molecule has 1 aromatic carbocycles. The molecule has 0 aromatic heterocycles. The van der Waals surface area contributed by atoms with Crippen LogP contribution >= 0.6 is 11.6 Å². The Morgan fingerprint density at radius 1 is 1.29 bits per heavy atom. The SMILES string of the molecule is NCCCC1CCN(Cc2ccc(Cl)cc2)C1. The summed E-state index contributed by atoms with van der Waals surface area (Å²) >= 11 is 5.88. The first-order valence-corrected chi connectivity index (χ1v) is 6.82. The van der Waals surface area contributed by atoms with Crippen molar-refractivity contribution in [1.82, 2.24) is 4.90 Å². The van der Waals surface area contributed by atoms with Crippen LogP contribution in [0.3, 0.4) is 0 Å². The fraction of sp³-hybridized carbons (Fsp3) is 0.571. The van der Waals surface area contributed by atoms with E-state index in [9.17, 15) is 0 Å². The zero-order valence-electron chi connectivity index (χ0n) is 10.2. The summed E-state index contributed by atoms with van der Waals surface area (Å²) in [5.41, 5.74) is 6.91. The third kappa shape index (κ3) is 3.98. The molecule has 2 rings (SSSR count). The Morgan fingerprint density at radius 3 is 2.76 bits per heavy atom. The monoisotopic (exact) mass is 252 g/mol. The Bertz CT molecular complexity index is 337. The summed E-state index contributed by atoms with van der Waals surface area (Å²) in [5, 5.41) is 0.816. The number of rotatable bonds is 5. The third-order valence-electron chi connectivity index (χ3n) is 3.51. The van der Waals surface area contributed by atoms with Gasteiger partial charge in [0.05, 0.1) is 0 Å². The molecule has 94 valence electrons. The molecule has 1 heterocycles. The Balaban J connectivity index is 1.79. The first-order valence-electron chi connectivity index (χ1n) is 6.45. The Hall–Kier alpha value is -0.570. The molecule has 0 spiro atoms. The summed E-state index contributed by atoms with van der Waals surface area (Å²) in [6.45, 7) is 4.32. The molecule has 1 unspecified atom stereocenters. The number of hydrogen-bond donors (Lipinski definition) is 1. The molecule has 0 radical (unpaired) electrons. The van der Waals surface area contributed by atoms with Crippen LogP contribution in [-0.2, 0) is 6.54 Å². The molecule has 3 heteroatoms. The van der Waals surface area contributed by atoms with E-state index in [1.807, 2.05) is 12.1 Å². The molecule has 1 atom stereocenters. The van der Waals surface area contributed by atoms with Crippen molar-refractivity contribution in [3.05, 3.63) is 34.9 Å². The lowest BCUT2D eigenvalue weighted by Gasteiger charge is -2.16. The van der Waals surface area contributed by atoms with Crippen LogP contribution < -0.4 is 5.73 Å². The van der Waals surface area contributed by atoms with E-state index in [4.69, 9.17) is 17.3 Å². The largest absolute Gasteiger partial charge is 0.330 e. The second-order valence-corrected chi connectivity index (χ2v) is 5.38. The minimum atomic E-state index is 0.816. The van der Waals surface area contributed by atoms with E-state index in [1.165, 1.54) is 37.9 Å². The quantitative estimate of drug-likeness (QED) is 0.873. The number of hydrogen-bond acceptors (Lipinski definition) is 2. The highest BCUT2D eigenvalue weighted by atomic mass is 35.5. The molecule has 0 bridgehead atoms. The lowest BCUT2D eigenvalue weighted by atomic mass is 10.0. The minimum absolute atomic E-state index is 0.816. The zero-order chi connectivity index (χ0) is 12.1. The summed E-state index contributed by atoms with van der Waals surface area (Å²) in [4.78, 5) is 2.53. The molecule has 0 aliphatic carbocycles. The van der Waals surface area contributed by atoms with E-state index in [0.717, 1.165) is 24.0 Å². The van der Waals surface area contributed by atoms with Gasteiger partial charge in [0.25, 0.3) is 0 Å². The smallest absolute Gasteiger partial charge is 0.0406 e. The standard InChI is InChI=1S/C14H21ClN2/c15-14-5-3-13(4-6-14)11-17-9-7-12(10-17)2-1-8-16/h3-6,12H,1-2,7-11,16H2. The van der Waals surface area contributed by atoms with Crippen LogP contribution in [0.5, 0.6) is 0 Å². The molecule has 1 aromatic rings. The zero-order valence-corrected chi connectivity index (χ0v) is 11.0. The lowest BCUT2D eigenvalue weighted by molar-refractivity contribution is 0.312. The van der Waals surface area contributed by atoms with Crippen LogP contribution in [0.2, 0.25) is 5.02 Å². The Labute approximate surface area is 109 Å². The third-order valence-corrected chi connectivity index (χ3v) is 3.76. The van der Waals surface area contributed by atoms with Gasteiger partial charge in [-0.05, 0) is 56.0 Å². The van der Waals surface area contributed by atoms with Crippen LogP contribution in [0, 0.1) is 5.92 Å². The van der Waals surface area contributed by atoms with Gasteiger partial charge in [-0.3, -0.25) is 4.90 Å². The molecule has 0 amide bonds. The van der Waals surface area contributed by atoms with E-state index >= 15 is 0 Å². The van der Waals surface area contributed by atoms with Crippen molar-refractivity contribution in [3.8, 4) is 0 Å². The van der Waals surface area contributed by atoms with E-state index in [-0.39, 0.29) is 0 Å². The van der Waals surface area contributed by atoms with Gasteiger partial charge < -0.3 is 5.73 Å². The van der Waals surface area contributed by atoms with Crippen molar-refractivity contribution in [2.75, 3.05) is 19.6 Å². The normalized spacial score (nSPS) is 20.9. The molecular weight excluding hydrogens is 232 g/mol. The molecule has 1 aliphatic rings. The van der Waals surface area contributed by atoms with Gasteiger partial charge in [0.2, 0.25) is 0 Å². The Kier molecular flexibility index (Phi) is 4.84. The molecule has 1 saturated heterocycles. The summed E-state index contributed by atoms with van der Waals surface area (Å²) in [7, 11) is 0. The fourth-order valence-electron chi connectivity index (χ4n) is 2.55. The highest BCUT2D eigenvalue weighted by Gasteiger charge is 2.21. The average Bonchev–Trinajstić information content (AvgIpc) is 2.77. The van der Waals surface area contributed by atoms with Gasteiger partial charge in [-0.1, -0.05) is 23.7 Å². The first-order chi connectivity index (χ1) is 8.28. The second-order valence-electron chi connectivity index (χ2n) is 4.95. The first kappa shape index (κ1) is 12.9. The number of nitrogens with two attached hydrogens (primary N) is 1. The van der Waals surface area contributed by atoms with Gasteiger partial charge in [0, 0.05) is 18.1 Å². The van der Waals surface area contributed by atoms with Gasteiger partial charge in [-0.2, -0.15) is 0 Å². The summed E-state index contributed by atoms with van der Waals surface area (Å²) in [5.74, 6) is 0.853. The number of nitrogens with zero attached hydrogens (tertiary/aromatic N) is 1. The van der Waals surface area contributed by atoms with Crippen LogP contribution in [-0.4, -0.2) is 24.5 Å². The van der Waals surface area contributed by atoms with Crippen LogP contribution in [0.25, 0.3) is 0 Å². The number of halogens is 1. The van der Waals surface area contributed by atoms with Crippen molar-refractivity contribution < 1.29 is 0 Å². The van der Waals surface area contributed by atoms with Crippen molar-refractivity contribution in [3.63, 3.8) is 0 Å². The van der Waals surface area contributed by atoms with Crippen LogP contribution in [0.15, 0.2) is 24.3 Å². The number of likely N-dealkylation sites (tertiary alicyclic amines) is 1. The fourth-order valence-corrected chi connectivity index (χ4v) is 2.67. The van der Waals surface area contributed by atoms with Crippen molar-refractivity contribution in [2.24, 2.45) is 11.7 Å². The molecule has 1 fully saturated rings. The minimum Gasteiger partial charge on any atom is -0.330 e. The summed E-state index contributed by atoms with van der Waals surface area (Å²) in [6.07, 6.45) is 3.78. The molecule has 2 N–H and O–H groups in total. The predicted octanol–water partition coefficient (Wildman–Crippen LogP) is 2.90. The van der Waals surface area contributed by atoms with Crippen molar-refractivity contribution in [1.29, 1.82) is 0 Å². The van der Waals surface area contributed by atoms with Gasteiger partial charge in [-0.25, -0.2) is 0 Å². The van der Waals surface area contributed by atoms with Gasteiger partial charge in [0.1, 0.15) is 0 Å². The van der Waals surface area contributed by atoms with E-state index in [2.05, 4.69) is 17.0 Å². The molecule has 1 aliphatic heterocycles. The van der Waals surface area contributed by atoms with Gasteiger partial charge in [0.15, 0.2) is 0 Å². The number of benzene rings is 1. The van der Waals surface area contributed by atoms with E-state index < -0.39 is 0 Å². The maximum atomic E-state index is 5.88. The van der Waals surface area contributed by atoms with Crippen molar-refractivity contribution >= 4 is 11.6 Å².